The Hall–Kier alpha value is -5.21. The molecule has 8 aromatic rings. The number of hydrogen-bond acceptors (Lipinski definition) is 1. The number of fused-ring (bicyclic) bond motifs is 4. The number of para-hydroxylation sites is 2. The van der Waals surface area contributed by atoms with Crippen molar-refractivity contribution in [1.29, 1.82) is 0 Å². The van der Waals surface area contributed by atoms with Crippen molar-refractivity contribution in [3.05, 3.63) is 145 Å². The topological polar surface area (TPSA) is 17.8 Å². The maximum atomic E-state index is 9.27. The monoisotopic (exact) mass is 518 g/mol. The number of rotatable bonds is 3. The molecule has 0 aliphatic heterocycles. The van der Waals surface area contributed by atoms with E-state index in [1.807, 2.05) is 102 Å². The van der Waals surface area contributed by atoms with Crippen LogP contribution < -0.4 is 0 Å². The van der Waals surface area contributed by atoms with Crippen LogP contribution in [0, 0.1) is 6.92 Å². The number of aryl methyl sites for hydroxylation is 1. The molecule has 7 aromatic carbocycles. The Morgan fingerprint density at radius 3 is 2.00 bits per heavy atom. The van der Waals surface area contributed by atoms with Gasteiger partial charge in [0.15, 0.2) is 0 Å². The fourth-order valence-electron chi connectivity index (χ4n) is 5.90. The summed E-state index contributed by atoms with van der Waals surface area (Å²) in [5.41, 5.74) is 4.26. The van der Waals surface area contributed by atoms with Crippen LogP contribution in [0.2, 0.25) is 0 Å². The van der Waals surface area contributed by atoms with E-state index in [9.17, 15) is 5.48 Å². The van der Waals surface area contributed by atoms with Crippen molar-refractivity contribution in [3.8, 4) is 27.9 Å². The zero-order chi connectivity index (χ0) is 33.6. The second kappa shape index (κ2) is 8.93. The van der Waals surface area contributed by atoms with Gasteiger partial charge >= 0.3 is 0 Å². The SMILES string of the molecule is [2H]c1c([2H])c([2H])c2c(-c3cccc4ccccc34)c3c([2H])c([2H])c([2H])c([2H])c3c(-c3cccc(-n4c(C)nc5ccccc54)c3)c2c1[2H]. The van der Waals surface area contributed by atoms with Crippen molar-refractivity contribution in [1.82, 2.24) is 9.55 Å². The van der Waals surface area contributed by atoms with Gasteiger partial charge in [-0.05, 0) is 85.8 Å². The summed E-state index contributed by atoms with van der Waals surface area (Å²) in [4.78, 5) is 4.72. The summed E-state index contributed by atoms with van der Waals surface area (Å²) in [6.45, 7) is 1.91. The zero-order valence-corrected chi connectivity index (χ0v) is 21.6. The lowest BCUT2D eigenvalue weighted by Crippen LogP contribution is -1.97. The molecule has 0 atom stereocenters. The van der Waals surface area contributed by atoms with Gasteiger partial charge in [-0.2, -0.15) is 0 Å². The lowest BCUT2D eigenvalue weighted by molar-refractivity contribution is 1.00. The molecule has 0 bridgehead atoms. The molecule has 2 nitrogen and oxygen atoms in total. The van der Waals surface area contributed by atoms with E-state index >= 15 is 0 Å². The molecule has 2 heteroatoms. The molecule has 8 rings (SSSR count). The largest absolute Gasteiger partial charge is 0.297 e. The molecule has 0 saturated heterocycles. The zero-order valence-electron chi connectivity index (χ0n) is 29.6. The van der Waals surface area contributed by atoms with Gasteiger partial charge in [0.25, 0.3) is 0 Å². The Kier molecular flexibility index (Phi) is 3.58. The molecule has 0 amide bonds. The molecule has 0 aliphatic carbocycles. The summed E-state index contributed by atoms with van der Waals surface area (Å²) in [6.07, 6.45) is 0. The number of imidazole rings is 1. The van der Waals surface area contributed by atoms with Gasteiger partial charge in [-0.1, -0.05) is 115 Å². The summed E-state index contributed by atoms with van der Waals surface area (Å²) in [5, 5.41) is 2.44. The third-order valence-electron chi connectivity index (χ3n) is 7.56. The van der Waals surface area contributed by atoms with Crippen LogP contribution in [-0.4, -0.2) is 9.55 Å². The van der Waals surface area contributed by atoms with Crippen LogP contribution in [0.5, 0.6) is 0 Å². The fraction of sp³-hybridized carbons (Fsp3) is 0.0263. The predicted molar refractivity (Wildman–Crippen MR) is 169 cm³/mol. The first kappa shape index (κ1) is 16.0. The Bertz CT molecular complexity index is 2590. The normalized spacial score (nSPS) is 14.4. The Balaban J connectivity index is 1.63. The molecule has 1 aromatic heterocycles. The van der Waals surface area contributed by atoms with Gasteiger partial charge in [-0.15, -0.1) is 0 Å². The molecule has 40 heavy (non-hydrogen) atoms. The number of benzene rings is 7. The Morgan fingerprint density at radius 2 is 1.23 bits per heavy atom. The van der Waals surface area contributed by atoms with Crippen molar-refractivity contribution in [3.63, 3.8) is 0 Å². The molecular formula is C38H26N2. The van der Waals surface area contributed by atoms with E-state index in [1.165, 1.54) is 0 Å². The first-order valence-corrected chi connectivity index (χ1v) is 13.1. The first-order valence-electron chi connectivity index (χ1n) is 17.1. The van der Waals surface area contributed by atoms with Gasteiger partial charge in [-0.3, -0.25) is 4.57 Å². The second-order valence-corrected chi connectivity index (χ2v) is 9.81. The third kappa shape index (κ3) is 3.40. The van der Waals surface area contributed by atoms with E-state index < -0.39 is 24.2 Å². The maximum Gasteiger partial charge on any atom is 0.111 e. The fourth-order valence-corrected chi connectivity index (χ4v) is 5.90. The summed E-state index contributed by atoms with van der Waals surface area (Å²) >= 11 is 0. The predicted octanol–water partition coefficient (Wildman–Crippen LogP) is 10.1. The van der Waals surface area contributed by atoms with Crippen molar-refractivity contribution in [2.24, 2.45) is 0 Å². The van der Waals surface area contributed by atoms with Gasteiger partial charge in [0.05, 0.1) is 22.0 Å². The summed E-state index contributed by atoms with van der Waals surface area (Å²) in [7, 11) is 0. The van der Waals surface area contributed by atoms with Crippen LogP contribution in [0.3, 0.4) is 0 Å². The quantitative estimate of drug-likeness (QED) is 0.213. The van der Waals surface area contributed by atoms with Crippen LogP contribution in [-0.2, 0) is 0 Å². The molecule has 0 spiro atoms. The van der Waals surface area contributed by atoms with E-state index in [2.05, 4.69) is 0 Å². The first-order chi connectivity index (χ1) is 23.1. The van der Waals surface area contributed by atoms with Crippen molar-refractivity contribution < 1.29 is 11.0 Å². The van der Waals surface area contributed by atoms with Crippen molar-refractivity contribution >= 4 is 43.4 Å². The third-order valence-corrected chi connectivity index (χ3v) is 7.56. The molecule has 0 N–H and O–H groups in total. The highest BCUT2D eigenvalue weighted by atomic mass is 15.1. The van der Waals surface area contributed by atoms with Crippen molar-refractivity contribution in [2.75, 3.05) is 0 Å². The summed E-state index contributed by atoms with van der Waals surface area (Å²) in [6, 6.07) is 25.7. The number of hydrogen-bond donors (Lipinski definition) is 0. The van der Waals surface area contributed by atoms with Gasteiger partial charge < -0.3 is 0 Å². The van der Waals surface area contributed by atoms with Crippen LogP contribution >= 0.6 is 0 Å². The van der Waals surface area contributed by atoms with Gasteiger partial charge in [-0.25, -0.2) is 4.98 Å². The minimum atomic E-state index is -0.426. The Labute approximate surface area is 244 Å². The van der Waals surface area contributed by atoms with Gasteiger partial charge in [0.2, 0.25) is 0 Å². The van der Waals surface area contributed by atoms with Crippen molar-refractivity contribution in [2.45, 2.75) is 6.92 Å². The maximum absolute atomic E-state index is 9.27. The average Bonchev–Trinajstić information content (AvgIpc) is 3.45. The van der Waals surface area contributed by atoms with Gasteiger partial charge in [0.1, 0.15) is 5.82 Å². The van der Waals surface area contributed by atoms with Crippen LogP contribution in [0.4, 0.5) is 0 Å². The standard InChI is InChI=1S/C38H26N2/c1-25-39-35-22-8-9-23-36(35)40(25)28-15-10-14-27(24-28)37-31-17-4-6-19-33(31)38(34-20-7-5-18-32(34)37)30-21-11-13-26-12-2-3-16-29(26)30/h2-24H,1H3/i4D,5D,6D,7D,17D,18D,19D,20D. The summed E-state index contributed by atoms with van der Waals surface area (Å²) < 4.78 is 73.9. The molecule has 0 fully saturated rings. The number of aromatic nitrogens is 2. The molecular weight excluding hydrogens is 484 g/mol. The van der Waals surface area contributed by atoms with E-state index in [1.54, 1.807) is 0 Å². The molecule has 0 unspecified atom stereocenters. The summed E-state index contributed by atoms with van der Waals surface area (Å²) in [5.74, 6) is 0.748. The Morgan fingerprint density at radius 1 is 0.600 bits per heavy atom. The second-order valence-electron chi connectivity index (χ2n) is 9.81. The smallest absolute Gasteiger partial charge is 0.111 e. The molecule has 0 radical (unpaired) electrons. The minimum Gasteiger partial charge on any atom is -0.297 e. The van der Waals surface area contributed by atoms with Crippen LogP contribution in [0.1, 0.15) is 16.8 Å². The molecule has 0 saturated carbocycles. The number of nitrogens with zero attached hydrogens (tertiary/aromatic N) is 2. The lowest BCUT2D eigenvalue weighted by Gasteiger charge is -2.19. The van der Waals surface area contributed by atoms with Crippen LogP contribution in [0.15, 0.2) is 139 Å². The highest BCUT2D eigenvalue weighted by Gasteiger charge is 2.18. The lowest BCUT2D eigenvalue weighted by atomic mass is 9.84. The van der Waals surface area contributed by atoms with Crippen LogP contribution in [0.25, 0.3) is 71.3 Å². The minimum absolute atomic E-state index is 0.186. The van der Waals surface area contributed by atoms with E-state index in [0.29, 0.717) is 22.3 Å². The highest BCUT2D eigenvalue weighted by molar-refractivity contribution is 6.23. The van der Waals surface area contributed by atoms with Gasteiger partial charge in [0, 0.05) is 5.69 Å². The van der Waals surface area contributed by atoms with E-state index in [4.69, 9.17) is 10.5 Å². The average molecular weight is 519 g/mol. The molecule has 0 aliphatic rings. The highest BCUT2D eigenvalue weighted by Crippen LogP contribution is 2.45. The van der Waals surface area contributed by atoms with E-state index in [-0.39, 0.29) is 45.7 Å². The molecule has 188 valence electrons. The molecule has 1 heterocycles. The van der Waals surface area contributed by atoms with E-state index in [0.717, 1.165) is 33.3 Å².